The topological polar surface area (TPSA) is 100 Å². The maximum absolute atomic E-state index is 5.99. The maximum atomic E-state index is 5.99. The number of imidazole rings is 1. The van der Waals surface area contributed by atoms with Gasteiger partial charge in [-0.25, -0.2) is 9.97 Å². The van der Waals surface area contributed by atoms with E-state index < -0.39 is 0 Å². The van der Waals surface area contributed by atoms with Crippen LogP contribution in [0.1, 0.15) is 0 Å². The third-order valence-electron chi connectivity index (χ3n) is 5.60. The lowest BCUT2D eigenvalue weighted by Gasteiger charge is -2.20. The van der Waals surface area contributed by atoms with Gasteiger partial charge in [-0.05, 0) is 58.4 Å². The van der Waals surface area contributed by atoms with Crippen LogP contribution in [0.2, 0.25) is 0 Å². The van der Waals surface area contributed by atoms with E-state index in [-0.39, 0.29) is 8.07 Å². The maximum Gasteiger partial charge on any atom is 0.180 e. The zero-order valence-corrected chi connectivity index (χ0v) is 19.6. The highest BCUT2D eigenvalue weighted by Crippen LogP contribution is 2.34. The van der Waals surface area contributed by atoms with Crippen LogP contribution in [-0.4, -0.2) is 50.0 Å². The van der Waals surface area contributed by atoms with E-state index in [0.717, 1.165) is 33.8 Å². The van der Waals surface area contributed by atoms with Crippen LogP contribution in [-0.2, 0) is 0 Å². The smallest absolute Gasteiger partial charge is 0.180 e. The number of rotatable bonds is 6. The molecule has 4 N–H and O–H groups in total. The van der Waals surface area contributed by atoms with Crippen LogP contribution in [0.5, 0.6) is 0 Å². The molecule has 0 fully saturated rings. The summed E-state index contributed by atoms with van der Waals surface area (Å²) in [5.74, 6) is 0.695. The van der Waals surface area contributed by atoms with E-state index in [1.54, 1.807) is 6.20 Å². The highest BCUT2D eigenvalue weighted by Gasteiger charge is 2.16. The van der Waals surface area contributed by atoms with Crippen molar-refractivity contribution < 1.29 is 0 Å². The van der Waals surface area contributed by atoms with Crippen molar-refractivity contribution in [2.45, 2.75) is 0 Å². The first-order valence-electron chi connectivity index (χ1n) is 10.5. The number of nitrogens with two attached hydrogens (primary N) is 1. The number of hydrogen-bond donors (Lipinski definition) is 3. The van der Waals surface area contributed by atoms with Crippen molar-refractivity contribution >= 4 is 36.2 Å². The summed E-state index contributed by atoms with van der Waals surface area (Å²) in [5, 5.41) is 12.1. The van der Waals surface area contributed by atoms with Gasteiger partial charge in [0.1, 0.15) is 0 Å². The zero-order valence-electron chi connectivity index (χ0n) is 18.7. The molecule has 8 nitrogen and oxygen atoms in total. The molecule has 0 saturated heterocycles. The lowest BCUT2D eigenvalue weighted by atomic mass is 10.1. The normalized spacial score (nSPS) is 12.4. The zero-order chi connectivity index (χ0) is 22.9. The van der Waals surface area contributed by atoms with Crippen LogP contribution < -0.4 is 16.4 Å². The van der Waals surface area contributed by atoms with Gasteiger partial charge in [0.2, 0.25) is 0 Å². The Kier molecular flexibility index (Phi) is 5.54. The molecule has 0 spiro atoms. The Morgan fingerprint density at radius 1 is 1.06 bits per heavy atom. The van der Waals surface area contributed by atoms with Crippen molar-refractivity contribution in [2.75, 3.05) is 31.8 Å². The van der Waals surface area contributed by atoms with Gasteiger partial charge in [-0.1, -0.05) is 24.3 Å². The number of hydrogen-bond acceptors (Lipinski definition) is 6. The van der Waals surface area contributed by atoms with Crippen LogP contribution in [0.4, 0.5) is 17.2 Å². The van der Waals surface area contributed by atoms with Crippen molar-refractivity contribution in [3.8, 4) is 22.5 Å². The summed E-state index contributed by atoms with van der Waals surface area (Å²) in [6.45, 7) is 2.25. The molecule has 33 heavy (non-hydrogen) atoms. The monoisotopic (exact) mass is 456 g/mol. The van der Waals surface area contributed by atoms with E-state index in [9.17, 15) is 0 Å². The molecular weight excluding hydrogens is 431 g/mol. The van der Waals surface area contributed by atoms with Gasteiger partial charge in [-0.2, -0.15) is 5.10 Å². The molecular formula is C24H25N8P. The van der Waals surface area contributed by atoms with Crippen LogP contribution in [0.3, 0.4) is 0 Å². The largest absolute Gasteiger partial charge is 0.399 e. The Bertz CT molecular complexity index is 1420. The molecule has 0 aliphatic heterocycles. The number of aromatic nitrogens is 5. The van der Waals surface area contributed by atoms with Gasteiger partial charge in [-0.3, -0.25) is 14.2 Å². The predicted octanol–water partition coefficient (Wildman–Crippen LogP) is 4.33. The molecule has 5 rings (SSSR count). The van der Waals surface area contributed by atoms with Crippen molar-refractivity contribution in [3.05, 3.63) is 73.3 Å². The first-order valence-corrected chi connectivity index (χ1v) is 12.2. The molecule has 166 valence electrons. The molecule has 3 aromatic heterocycles. The Hall–Kier alpha value is -3.74. The number of nitrogens with one attached hydrogen (secondary N) is 2. The number of benzene rings is 2. The molecule has 1 atom stereocenters. The molecule has 9 heteroatoms. The van der Waals surface area contributed by atoms with Crippen LogP contribution in [0.15, 0.2) is 73.3 Å². The van der Waals surface area contributed by atoms with Gasteiger partial charge < -0.3 is 11.1 Å². The lowest BCUT2D eigenvalue weighted by molar-refractivity contribution is 0.687. The van der Waals surface area contributed by atoms with Gasteiger partial charge >= 0.3 is 0 Å². The molecule has 0 radical (unpaired) electrons. The average molecular weight is 456 g/mol. The van der Waals surface area contributed by atoms with Gasteiger partial charge in [0.05, 0.1) is 23.8 Å². The molecule has 2 aromatic carbocycles. The second-order valence-electron chi connectivity index (χ2n) is 7.94. The number of nitrogen functional groups attached to an aromatic ring is 1. The predicted molar refractivity (Wildman–Crippen MR) is 136 cm³/mol. The van der Waals surface area contributed by atoms with E-state index in [4.69, 9.17) is 5.73 Å². The van der Waals surface area contributed by atoms with Crippen molar-refractivity contribution in [1.29, 1.82) is 0 Å². The van der Waals surface area contributed by atoms with Gasteiger partial charge in [-0.15, -0.1) is 0 Å². The van der Waals surface area contributed by atoms with Crippen molar-refractivity contribution in [1.82, 2.24) is 29.2 Å². The molecule has 3 heterocycles. The summed E-state index contributed by atoms with van der Waals surface area (Å²) in [6.07, 6.45) is 7.34. The summed E-state index contributed by atoms with van der Waals surface area (Å²) < 4.78 is 4.27. The second-order valence-corrected chi connectivity index (χ2v) is 10.3. The van der Waals surface area contributed by atoms with E-state index in [1.165, 1.54) is 5.30 Å². The Morgan fingerprint density at radius 2 is 1.91 bits per heavy atom. The minimum Gasteiger partial charge on any atom is -0.399 e. The van der Waals surface area contributed by atoms with E-state index in [2.05, 4.69) is 69.1 Å². The SMILES string of the molecule is CN(C)P(C)c1cccc(Nc2nccn3c(-c4cn[nH]c4-c4cccc(N)c4)cnc23)c1. The van der Waals surface area contributed by atoms with Crippen LogP contribution in [0, 0.1) is 0 Å². The van der Waals surface area contributed by atoms with Crippen molar-refractivity contribution in [2.24, 2.45) is 0 Å². The number of H-pyrrole nitrogens is 1. The molecule has 0 bridgehead atoms. The first kappa shape index (κ1) is 21.1. The summed E-state index contributed by atoms with van der Waals surface area (Å²) in [6, 6.07) is 16.2. The Labute approximate surface area is 193 Å². The Morgan fingerprint density at radius 3 is 2.73 bits per heavy atom. The van der Waals surface area contributed by atoms with Gasteiger partial charge in [0.25, 0.3) is 0 Å². The number of fused-ring (bicyclic) bond motifs is 1. The van der Waals surface area contributed by atoms with Crippen LogP contribution in [0.25, 0.3) is 28.2 Å². The second kappa shape index (κ2) is 8.65. The minimum atomic E-state index is -0.376. The summed E-state index contributed by atoms with van der Waals surface area (Å²) in [7, 11) is 3.83. The van der Waals surface area contributed by atoms with E-state index in [0.29, 0.717) is 11.5 Å². The van der Waals surface area contributed by atoms with Gasteiger partial charge in [0, 0.05) is 34.9 Å². The van der Waals surface area contributed by atoms with Crippen LogP contribution >= 0.6 is 8.07 Å². The highest BCUT2D eigenvalue weighted by molar-refractivity contribution is 7.62. The third kappa shape index (κ3) is 4.06. The summed E-state index contributed by atoms with van der Waals surface area (Å²) in [5.41, 5.74) is 12.1. The summed E-state index contributed by atoms with van der Waals surface area (Å²) >= 11 is 0. The van der Waals surface area contributed by atoms with E-state index >= 15 is 0 Å². The molecule has 0 aliphatic carbocycles. The number of aromatic amines is 1. The fourth-order valence-electron chi connectivity index (χ4n) is 3.75. The Balaban J connectivity index is 1.52. The molecule has 1 unspecified atom stereocenters. The van der Waals surface area contributed by atoms with Gasteiger partial charge in [0.15, 0.2) is 11.5 Å². The third-order valence-corrected chi connectivity index (χ3v) is 7.83. The molecule has 0 aliphatic rings. The highest BCUT2D eigenvalue weighted by atomic mass is 31.1. The molecule has 5 aromatic rings. The standard InChI is InChI=1S/C24H25N8P/c1-31(2)33(3)19-9-5-8-18(13-19)29-23-24-27-15-21(32(24)11-10-26-23)20-14-28-30-22(20)16-6-4-7-17(25)12-16/h4-15H,25H2,1-3H3,(H,26,29)(H,28,30). The number of nitrogens with zero attached hydrogens (tertiary/aromatic N) is 5. The molecule has 0 amide bonds. The average Bonchev–Trinajstić information content (AvgIpc) is 3.46. The minimum absolute atomic E-state index is 0.376. The van der Waals surface area contributed by atoms with E-state index in [1.807, 2.05) is 53.3 Å². The summed E-state index contributed by atoms with van der Waals surface area (Å²) in [4.78, 5) is 9.24. The fourth-order valence-corrected chi connectivity index (χ4v) is 4.84. The molecule has 0 saturated carbocycles. The van der Waals surface area contributed by atoms with Crippen molar-refractivity contribution in [3.63, 3.8) is 0 Å². The number of anilines is 3. The fraction of sp³-hybridized carbons (Fsp3) is 0.125. The first-order chi connectivity index (χ1) is 16.0. The lowest BCUT2D eigenvalue weighted by Crippen LogP contribution is -2.13. The quantitative estimate of drug-likeness (QED) is 0.260.